The number of benzene rings is 3. The Morgan fingerprint density at radius 2 is 1.37 bits per heavy atom. The van der Waals surface area contributed by atoms with Gasteiger partial charge in [-0.25, -0.2) is 9.59 Å². The minimum absolute atomic E-state index is 0.0775. The fourth-order valence-electron chi connectivity index (χ4n) is 3.93. The number of hydrogen-bond donors (Lipinski definition) is 3. The zero-order valence-corrected chi connectivity index (χ0v) is 23.9. The molecular weight excluding hydrogens is 524 g/mol. The average Bonchev–Trinajstić information content (AvgIpc) is 2.92. The maximum Gasteiger partial charge on any atom is 0.408 e. The van der Waals surface area contributed by atoms with E-state index in [0.717, 1.165) is 11.1 Å². The smallest absolute Gasteiger partial charge is 0.408 e. The summed E-state index contributed by atoms with van der Waals surface area (Å²) >= 11 is 0. The molecule has 9 nitrogen and oxygen atoms in total. The molecule has 0 aliphatic carbocycles. The number of esters is 1. The predicted molar refractivity (Wildman–Crippen MR) is 154 cm³/mol. The van der Waals surface area contributed by atoms with Gasteiger partial charge in [0, 0.05) is 12.8 Å². The van der Waals surface area contributed by atoms with Crippen molar-refractivity contribution in [1.29, 1.82) is 0 Å². The molecule has 0 aliphatic heterocycles. The number of phenolic OH excluding ortho intramolecular Hbond substituents is 1. The molecule has 0 aliphatic rings. The molecule has 0 heterocycles. The van der Waals surface area contributed by atoms with E-state index in [1.807, 2.05) is 42.5 Å². The van der Waals surface area contributed by atoms with E-state index in [0.29, 0.717) is 17.9 Å². The van der Waals surface area contributed by atoms with Crippen molar-refractivity contribution in [3.63, 3.8) is 0 Å². The Morgan fingerprint density at radius 1 is 0.780 bits per heavy atom. The van der Waals surface area contributed by atoms with Crippen LogP contribution < -0.4 is 15.4 Å². The van der Waals surface area contributed by atoms with E-state index < -0.39 is 35.7 Å². The third kappa shape index (κ3) is 10.9. The van der Waals surface area contributed by atoms with Crippen molar-refractivity contribution >= 4 is 18.0 Å². The molecule has 9 heteroatoms. The number of carbonyl (C=O) groups is 3. The molecule has 0 bridgehead atoms. The quantitative estimate of drug-likeness (QED) is 0.274. The van der Waals surface area contributed by atoms with Crippen LogP contribution in [0.4, 0.5) is 4.79 Å². The van der Waals surface area contributed by atoms with Crippen molar-refractivity contribution in [3.05, 3.63) is 95.6 Å². The Morgan fingerprint density at radius 3 is 1.95 bits per heavy atom. The highest BCUT2D eigenvalue weighted by molar-refractivity contribution is 5.90. The summed E-state index contributed by atoms with van der Waals surface area (Å²) in [7, 11) is 0. The zero-order chi connectivity index (χ0) is 29.8. The van der Waals surface area contributed by atoms with Gasteiger partial charge in [0.05, 0.1) is 6.61 Å². The minimum Gasteiger partial charge on any atom is -0.508 e. The van der Waals surface area contributed by atoms with Crippen LogP contribution in [-0.4, -0.2) is 47.4 Å². The molecular formula is C32H38N2O7. The highest BCUT2D eigenvalue weighted by atomic mass is 16.6. The first-order chi connectivity index (χ1) is 19.5. The maximum absolute atomic E-state index is 13.4. The summed E-state index contributed by atoms with van der Waals surface area (Å²) in [6.07, 6.45) is -0.494. The first kappa shape index (κ1) is 31.0. The summed E-state index contributed by atoms with van der Waals surface area (Å²) in [5.74, 6) is -0.422. The van der Waals surface area contributed by atoms with Gasteiger partial charge < -0.3 is 30.0 Å². The van der Waals surface area contributed by atoms with Gasteiger partial charge in [0.15, 0.2) is 0 Å². The van der Waals surface area contributed by atoms with Crippen LogP contribution in [0.1, 0.15) is 44.4 Å². The standard InChI is InChI=1S/C32H38N2O7/c1-5-39-30(37)28(20-23-13-17-26(18-14-23)40-21-24-9-7-6-8-10-24)33-29(36)27(34-31(38)41-32(2,3)4)19-22-11-15-25(35)16-12-22/h6-18,27-28,35H,5,19-21H2,1-4H3,(H,33,36)(H,34,38)/t27-,28-/m0/s1. The van der Waals surface area contributed by atoms with E-state index in [9.17, 15) is 19.5 Å². The molecule has 0 saturated carbocycles. The lowest BCUT2D eigenvalue weighted by Crippen LogP contribution is -2.54. The van der Waals surface area contributed by atoms with E-state index in [4.69, 9.17) is 14.2 Å². The third-order valence-corrected chi connectivity index (χ3v) is 5.88. The molecule has 3 N–H and O–H groups in total. The second-order valence-electron chi connectivity index (χ2n) is 10.5. The van der Waals surface area contributed by atoms with Gasteiger partial charge in [-0.2, -0.15) is 0 Å². The molecule has 3 rings (SSSR count). The fraction of sp³-hybridized carbons (Fsp3) is 0.344. The number of nitrogens with one attached hydrogen (secondary N) is 2. The highest BCUT2D eigenvalue weighted by Crippen LogP contribution is 2.17. The molecule has 0 unspecified atom stereocenters. The Kier molecular flexibility index (Phi) is 11.1. The predicted octanol–water partition coefficient (Wildman–Crippen LogP) is 4.70. The SMILES string of the molecule is CCOC(=O)[C@H](Cc1ccc(OCc2ccccc2)cc1)NC(=O)[C@H](Cc1ccc(O)cc1)NC(=O)OC(C)(C)C. The number of alkyl carbamates (subject to hydrolysis) is 1. The highest BCUT2D eigenvalue weighted by Gasteiger charge is 2.29. The van der Waals surface area contributed by atoms with Crippen molar-refractivity contribution in [2.45, 2.75) is 64.8 Å². The lowest BCUT2D eigenvalue weighted by Gasteiger charge is -2.25. The monoisotopic (exact) mass is 562 g/mol. The summed E-state index contributed by atoms with van der Waals surface area (Å²) in [6, 6.07) is 21.3. The number of hydrogen-bond acceptors (Lipinski definition) is 7. The van der Waals surface area contributed by atoms with Crippen LogP contribution in [0.2, 0.25) is 0 Å². The number of amides is 2. The minimum atomic E-state index is -1.06. The molecule has 3 aromatic rings. The van der Waals surface area contributed by atoms with E-state index in [1.54, 1.807) is 52.0 Å². The van der Waals surface area contributed by atoms with Crippen molar-refractivity contribution in [2.75, 3.05) is 6.61 Å². The van der Waals surface area contributed by atoms with E-state index in [1.165, 1.54) is 12.1 Å². The largest absolute Gasteiger partial charge is 0.508 e. The number of ether oxygens (including phenoxy) is 3. The van der Waals surface area contributed by atoms with Gasteiger partial charge in [-0.3, -0.25) is 4.79 Å². The molecule has 0 aromatic heterocycles. The molecule has 218 valence electrons. The molecule has 0 saturated heterocycles. The number of carbonyl (C=O) groups excluding carboxylic acids is 3. The third-order valence-electron chi connectivity index (χ3n) is 5.88. The van der Waals surface area contributed by atoms with Crippen molar-refractivity contribution in [2.24, 2.45) is 0 Å². The van der Waals surface area contributed by atoms with Crippen LogP contribution in [0.5, 0.6) is 11.5 Å². The van der Waals surface area contributed by atoms with Crippen LogP contribution in [0, 0.1) is 0 Å². The van der Waals surface area contributed by atoms with Gasteiger partial charge in [0.1, 0.15) is 35.8 Å². The van der Waals surface area contributed by atoms with E-state index >= 15 is 0 Å². The van der Waals surface area contributed by atoms with E-state index in [-0.39, 0.29) is 25.2 Å². The Labute approximate surface area is 240 Å². The van der Waals surface area contributed by atoms with Crippen LogP contribution in [0.25, 0.3) is 0 Å². The van der Waals surface area contributed by atoms with Crippen LogP contribution >= 0.6 is 0 Å². The molecule has 0 spiro atoms. The normalized spacial score (nSPS) is 12.5. The van der Waals surface area contributed by atoms with Crippen LogP contribution in [0.3, 0.4) is 0 Å². The second kappa shape index (κ2) is 14.7. The van der Waals surface area contributed by atoms with Crippen LogP contribution in [-0.2, 0) is 38.5 Å². The van der Waals surface area contributed by atoms with E-state index in [2.05, 4.69) is 10.6 Å². The maximum atomic E-state index is 13.4. The van der Waals surface area contributed by atoms with Gasteiger partial charge >= 0.3 is 12.1 Å². The van der Waals surface area contributed by atoms with Gasteiger partial charge in [0.25, 0.3) is 0 Å². The Hall–Kier alpha value is -4.53. The zero-order valence-electron chi connectivity index (χ0n) is 23.9. The lowest BCUT2D eigenvalue weighted by molar-refractivity contribution is -0.147. The number of aromatic hydroxyl groups is 1. The van der Waals surface area contributed by atoms with Crippen molar-refractivity contribution in [1.82, 2.24) is 10.6 Å². The molecule has 2 amide bonds. The van der Waals surface area contributed by atoms with Crippen LogP contribution in [0.15, 0.2) is 78.9 Å². The Bertz CT molecular complexity index is 1270. The topological polar surface area (TPSA) is 123 Å². The number of rotatable bonds is 12. The lowest BCUT2D eigenvalue weighted by atomic mass is 10.0. The van der Waals surface area contributed by atoms with Crippen molar-refractivity contribution < 1.29 is 33.7 Å². The van der Waals surface area contributed by atoms with Gasteiger partial charge in [-0.1, -0.05) is 54.6 Å². The first-order valence-corrected chi connectivity index (χ1v) is 13.5. The summed E-state index contributed by atoms with van der Waals surface area (Å²) in [5, 5.41) is 15.0. The van der Waals surface area contributed by atoms with Crippen molar-refractivity contribution in [3.8, 4) is 11.5 Å². The molecule has 2 atom stereocenters. The summed E-state index contributed by atoms with van der Waals surface area (Å²) < 4.78 is 16.4. The van der Waals surface area contributed by atoms with Gasteiger partial charge in [-0.05, 0) is 68.7 Å². The summed E-state index contributed by atoms with van der Waals surface area (Å²) in [6.45, 7) is 7.41. The van der Waals surface area contributed by atoms with Gasteiger partial charge in [0.2, 0.25) is 5.91 Å². The fourth-order valence-corrected chi connectivity index (χ4v) is 3.93. The number of phenols is 1. The molecule has 41 heavy (non-hydrogen) atoms. The average molecular weight is 563 g/mol. The second-order valence-corrected chi connectivity index (χ2v) is 10.5. The summed E-state index contributed by atoms with van der Waals surface area (Å²) in [5.41, 5.74) is 1.75. The molecule has 0 fully saturated rings. The molecule has 3 aromatic carbocycles. The summed E-state index contributed by atoms with van der Waals surface area (Å²) in [4.78, 5) is 38.8. The Balaban J connectivity index is 1.72. The van der Waals surface area contributed by atoms with Gasteiger partial charge in [-0.15, -0.1) is 0 Å². The molecule has 0 radical (unpaired) electrons. The first-order valence-electron chi connectivity index (χ1n) is 13.5.